The first kappa shape index (κ1) is 45.1. The Morgan fingerprint density at radius 3 is 0.920 bits per heavy atom. The van der Waals surface area contributed by atoms with Gasteiger partial charge in [-0.2, -0.15) is 49.2 Å². The molecule has 0 aromatic heterocycles. The van der Waals surface area contributed by atoms with E-state index in [1.165, 1.54) is 0 Å². The summed E-state index contributed by atoms with van der Waals surface area (Å²) in [4.78, 5) is 0. The van der Waals surface area contributed by atoms with E-state index in [4.69, 9.17) is 9.47 Å². The zero-order valence-electron chi connectivity index (χ0n) is 14.5. The van der Waals surface area contributed by atoms with Gasteiger partial charge >= 0.3 is 65.6 Å². The molecule has 0 atom stereocenters. The number of ether oxygens (including phenoxy) is 2. The third kappa shape index (κ3) is 21.3. The number of hydrogen-bond acceptors (Lipinski definition) is 2. The summed E-state index contributed by atoms with van der Waals surface area (Å²) >= 11 is 0. The molecule has 9 heteroatoms. The Morgan fingerprint density at radius 2 is 0.760 bits per heavy atom. The van der Waals surface area contributed by atoms with Crippen molar-refractivity contribution in [1.29, 1.82) is 0 Å². The van der Waals surface area contributed by atoms with Crippen LogP contribution in [0, 0.1) is 13.8 Å². The van der Waals surface area contributed by atoms with Gasteiger partial charge in [0.25, 0.3) is 0 Å². The average Bonchev–Trinajstić information content (AvgIpc) is 2.41. The summed E-state index contributed by atoms with van der Waals surface area (Å²) in [5, 5.41) is 0. The Balaban J connectivity index is -0.0000000405. The summed E-state index contributed by atoms with van der Waals surface area (Å²) in [5.41, 5.74) is 2.02. The topological polar surface area (TPSA) is 18.5 Å². The van der Waals surface area contributed by atoms with Gasteiger partial charge in [0.15, 0.2) is 0 Å². The summed E-state index contributed by atoms with van der Waals surface area (Å²) in [6, 6.07) is 15.2. The average molecular weight is 498 g/mol. The standard InChI is InChI=1S/2C8H9O.4ClH.2Mg.Zn/c2*1-7-3-5-8(9-2)6-4-7;;;;;;;/h2*3-6H,1H2,2H3;4*1H;;;/q2*-1;;;;;3*+2/p-4. The van der Waals surface area contributed by atoms with Crippen molar-refractivity contribution in [2.45, 2.75) is 0 Å². The fourth-order valence-electron chi connectivity index (χ4n) is 1.25. The number of halogens is 4. The van der Waals surface area contributed by atoms with Crippen molar-refractivity contribution < 1.29 is 78.6 Å². The molecule has 0 spiro atoms. The predicted octanol–water partition coefficient (Wildman–Crippen LogP) is -8.99. The molecular formula is C16H18Cl4Mg2O2Zn. The van der Waals surface area contributed by atoms with Crippen LogP contribution in [-0.4, -0.2) is 60.3 Å². The maximum atomic E-state index is 4.94. The largest absolute Gasteiger partial charge is 2.00 e. The third-order valence-electron chi connectivity index (χ3n) is 2.32. The van der Waals surface area contributed by atoms with Crippen molar-refractivity contribution in [3.8, 4) is 11.5 Å². The molecule has 2 aromatic rings. The summed E-state index contributed by atoms with van der Waals surface area (Å²) in [6.07, 6.45) is 0. The molecule has 0 amide bonds. The fourth-order valence-corrected chi connectivity index (χ4v) is 1.25. The molecule has 0 heterocycles. The second kappa shape index (κ2) is 27.3. The second-order valence-corrected chi connectivity index (χ2v) is 3.70. The number of benzene rings is 2. The van der Waals surface area contributed by atoms with Gasteiger partial charge in [-0.1, -0.05) is 24.3 Å². The number of methoxy groups -OCH3 is 2. The van der Waals surface area contributed by atoms with Gasteiger partial charge in [0.2, 0.25) is 0 Å². The van der Waals surface area contributed by atoms with Gasteiger partial charge in [-0.25, -0.2) is 0 Å². The monoisotopic (exact) mass is 494 g/mol. The number of rotatable bonds is 2. The molecule has 0 saturated heterocycles. The normalized spacial score (nSPS) is 6.48. The van der Waals surface area contributed by atoms with Gasteiger partial charge < -0.3 is 59.1 Å². The molecule has 0 aliphatic rings. The zero-order valence-corrected chi connectivity index (χ0v) is 23.3. The van der Waals surface area contributed by atoms with Crippen LogP contribution in [0.4, 0.5) is 0 Å². The Kier molecular flexibility index (Phi) is 49.2. The van der Waals surface area contributed by atoms with Crippen molar-refractivity contribution >= 4 is 46.1 Å². The first-order chi connectivity index (χ1) is 8.65. The molecule has 0 saturated carbocycles. The number of hydrogen-bond donors (Lipinski definition) is 0. The summed E-state index contributed by atoms with van der Waals surface area (Å²) in [5.74, 6) is 1.75. The van der Waals surface area contributed by atoms with E-state index >= 15 is 0 Å². The van der Waals surface area contributed by atoms with Gasteiger partial charge in [-0.05, 0) is 0 Å². The fraction of sp³-hybridized carbons (Fsp3) is 0.125. The van der Waals surface area contributed by atoms with Crippen LogP contribution in [-0.2, 0) is 19.5 Å². The van der Waals surface area contributed by atoms with E-state index in [1.807, 2.05) is 48.5 Å². The Bertz CT molecular complexity index is 429. The van der Waals surface area contributed by atoms with Crippen molar-refractivity contribution in [1.82, 2.24) is 0 Å². The van der Waals surface area contributed by atoms with Crippen LogP contribution in [0.3, 0.4) is 0 Å². The predicted molar refractivity (Wildman–Crippen MR) is 86.4 cm³/mol. The van der Waals surface area contributed by atoms with E-state index in [0.29, 0.717) is 0 Å². The Labute approximate surface area is 221 Å². The molecule has 0 unspecified atom stereocenters. The first-order valence-electron chi connectivity index (χ1n) is 5.57. The maximum Gasteiger partial charge on any atom is 2.00 e. The van der Waals surface area contributed by atoms with Crippen LogP contribution in [0.5, 0.6) is 11.5 Å². The van der Waals surface area contributed by atoms with Crippen LogP contribution in [0.25, 0.3) is 0 Å². The van der Waals surface area contributed by atoms with E-state index in [9.17, 15) is 0 Å². The van der Waals surface area contributed by atoms with Gasteiger partial charge in [0.1, 0.15) is 0 Å². The first-order valence-corrected chi connectivity index (χ1v) is 5.57. The van der Waals surface area contributed by atoms with Gasteiger partial charge in [-0.15, -0.1) is 0 Å². The smallest absolute Gasteiger partial charge is 1.00 e. The summed E-state index contributed by atoms with van der Waals surface area (Å²) in [7, 11) is 3.30. The SMILES string of the molecule is [CH2-]c1ccc(OC)cc1.[CH2-]c1ccc(OC)cc1.[Cl-].[Cl-].[Cl-].[Cl-].[Mg+2].[Mg+2].[Zn+2]. The van der Waals surface area contributed by atoms with E-state index in [1.54, 1.807) is 14.2 Å². The maximum absolute atomic E-state index is 4.94. The Hall–Kier alpha value is 1.10. The minimum atomic E-state index is 0. The van der Waals surface area contributed by atoms with E-state index in [2.05, 4.69) is 13.8 Å². The molecule has 0 bridgehead atoms. The summed E-state index contributed by atoms with van der Waals surface area (Å²) < 4.78 is 9.88. The van der Waals surface area contributed by atoms with Crippen LogP contribution in [0.15, 0.2) is 48.5 Å². The molecule has 0 fully saturated rings. The second-order valence-electron chi connectivity index (χ2n) is 3.70. The van der Waals surface area contributed by atoms with Crippen molar-refractivity contribution in [3.63, 3.8) is 0 Å². The van der Waals surface area contributed by atoms with Crippen LogP contribution in [0.1, 0.15) is 11.1 Å². The third-order valence-corrected chi connectivity index (χ3v) is 2.32. The van der Waals surface area contributed by atoms with Crippen LogP contribution < -0.4 is 59.1 Å². The van der Waals surface area contributed by atoms with Crippen molar-refractivity contribution in [2.24, 2.45) is 0 Å². The van der Waals surface area contributed by atoms with Gasteiger partial charge in [-0.3, -0.25) is 0 Å². The Morgan fingerprint density at radius 1 is 0.560 bits per heavy atom. The minimum absolute atomic E-state index is 0. The van der Waals surface area contributed by atoms with Crippen molar-refractivity contribution in [3.05, 3.63) is 73.5 Å². The molecule has 0 radical (unpaired) electrons. The van der Waals surface area contributed by atoms with E-state index < -0.39 is 0 Å². The van der Waals surface area contributed by atoms with Gasteiger partial charge in [0, 0.05) is 0 Å². The molecule has 0 aliphatic carbocycles. The zero-order chi connectivity index (χ0) is 13.4. The molecule has 0 N–H and O–H groups in total. The molecule has 128 valence electrons. The van der Waals surface area contributed by atoms with Crippen molar-refractivity contribution in [2.75, 3.05) is 14.2 Å². The molecule has 2 aromatic carbocycles. The van der Waals surface area contributed by atoms with Crippen LogP contribution in [0.2, 0.25) is 0 Å². The van der Waals surface area contributed by atoms with Crippen LogP contribution >= 0.6 is 0 Å². The quantitative estimate of drug-likeness (QED) is 0.303. The molecule has 2 rings (SSSR count). The summed E-state index contributed by atoms with van der Waals surface area (Å²) in [6.45, 7) is 7.48. The molecule has 0 aliphatic heterocycles. The van der Waals surface area contributed by atoms with E-state index in [0.717, 1.165) is 22.6 Å². The minimum Gasteiger partial charge on any atom is -1.00 e. The molecule has 2 nitrogen and oxygen atoms in total. The van der Waals surface area contributed by atoms with E-state index in [-0.39, 0.29) is 115 Å². The van der Waals surface area contributed by atoms with Gasteiger partial charge in [0.05, 0.1) is 25.7 Å². The molecular weight excluding hydrogens is 480 g/mol. The molecule has 25 heavy (non-hydrogen) atoms.